The quantitative estimate of drug-likeness (QED) is 0.538. The molecule has 2 rings (SSSR count). The van der Waals surface area contributed by atoms with Crippen LogP contribution >= 0.6 is 11.8 Å². The molecule has 0 amide bonds. The smallest absolute Gasteiger partial charge is 0.307 e. The zero-order valence-corrected chi connectivity index (χ0v) is 10.2. The van der Waals surface area contributed by atoms with Crippen LogP contribution in [0.3, 0.4) is 0 Å². The second-order valence-corrected chi connectivity index (χ2v) is 4.91. The SMILES string of the molecule is NN.O.O=C(O)Cc1ccc(SC2CC2)cc1. The molecule has 5 nitrogen and oxygen atoms in total. The van der Waals surface area contributed by atoms with Crippen molar-refractivity contribution in [2.45, 2.75) is 29.4 Å². The van der Waals surface area contributed by atoms with E-state index in [1.54, 1.807) is 0 Å². The highest BCUT2D eigenvalue weighted by molar-refractivity contribution is 8.00. The van der Waals surface area contributed by atoms with Gasteiger partial charge in [-0.05, 0) is 30.5 Å². The number of benzene rings is 1. The third-order valence-corrected chi connectivity index (χ3v) is 3.45. The van der Waals surface area contributed by atoms with Crippen LogP contribution in [0.25, 0.3) is 0 Å². The molecule has 0 aromatic heterocycles. The third kappa shape index (κ3) is 6.28. The van der Waals surface area contributed by atoms with Crippen molar-refractivity contribution in [1.29, 1.82) is 0 Å². The molecule has 6 heteroatoms. The van der Waals surface area contributed by atoms with Gasteiger partial charge in [0.1, 0.15) is 0 Å². The van der Waals surface area contributed by atoms with E-state index in [0.29, 0.717) is 0 Å². The van der Waals surface area contributed by atoms with Gasteiger partial charge in [0.05, 0.1) is 6.42 Å². The number of thioether (sulfide) groups is 1. The standard InChI is InChI=1S/C11H12O2S.H4N2.H2O/c12-11(13)7-8-1-3-9(4-2-8)14-10-5-6-10;1-2;/h1-4,10H,5-7H2,(H,12,13);1-2H2;1H2. The van der Waals surface area contributed by atoms with Gasteiger partial charge in [-0.1, -0.05) is 12.1 Å². The summed E-state index contributed by atoms with van der Waals surface area (Å²) in [6, 6.07) is 7.83. The fourth-order valence-corrected chi connectivity index (χ4v) is 2.29. The highest BCUT2D eigenvalue weighted by Gasteiger charge is 2.22. The number of carboxylic acids is 1. The van der Waals surface area contributed by atoms with Gasteiger partial charge in [-0.25, -0.2) is 0 Å². The van der Waals surface area contributed by atoms with E-state index in [1.807, 2.05) is 36.0 Å². The summed E-state index contributed by atoms with van der Waals surface area (Å²) in [4.78, 5) is 11.7. The number of rotatable bonds is 4. The monoisotopic (exact) mass is 258 g/mol. The maximum Gasteiger partial charge on any atom is 0.307 e. The Balaban J connectivity index is 0.000000811. The summed E-state index contributed by atoms with van der Waals surface area (Å²) in [6.45, 7) is 0. The highest BCUT2D eigenvalue weighted by atomic mass is 32.2. The number of carbonyl (C=O) groups is 1. The zero-order chi connectivity index (χ0) is 12.0. The molecule has 0 bridgehead atoms. The van der Waals surface area contributed by atoms with Crippen LogP contribution in [-0.4, -0.2) is 21.8 Å². The maximum atomic E-state index is 10.4. The molecule has 0 atom stereocenters. The number of hydrazine groups is 1. The Labute approximate surface area is 104 Å². The highest BCUT2D eigenvalue weighted by Crippen LogP contribution is 2.38. The number of aliphatic carboxylic acids is 1. The molecule has 0 spiro atoms. The Kier molecular flexibility index (Phi) is 7.56. The van der Waals surface area contributed by atoms with Crippen LogP contribution in [0.1, 0.15) is 18.4 Å². The van der Waals surface area contributed by atoms with E-state index in [9.17, 15) is 4.79 Å². The summed E-state index contributed by atoms with van der Waals surface area (Å²) in [5, 5.41) is 9.39. The second-order valence-electron chi connectivity index (χ2n) is 3.53. The molecule has 1 fully saturated rings. The number of nitrogens with two attached hydrogens (primary N) is 2. The van der Waals surface area contributed by atoms with Gasteiger partial charge < -0.3 is 10.6 Å². The van der Waals surface area contributed by atoms with Crippen LogP contribution in [-0.2, 0) is 11.2 Å². The molecule has 0 unspecified atom stereocenters. The molecule has 17 heavy (non-hydrogen) atoms. The number of carboxylic acid groups (broad SMARTS) is 1. The average Bonchev–Trinajstić information content (AvgIpc) is 3.07. The van der Waals surface area contributed by atoms with Crippen LogP contribution in [0, 0.1) is 0 Å². The number of hydrogen-bond acceptors (Lipinski definition) is 4. The molecule has 96 valence electrons. The molecule has 0 saturated heterocycles. The summed E-state index contributed by atoms with van der Waals surface area (Å²) in [7, 11) is 0. The summed E-state index contributed by atoms with van der Waals surface area (Å²) < 4.78 is 0. The Morgan fingerprint density at radius 1 is 1.29 bits per heavy atom. The molecule has 0 radical (unpaired) electrons. The molecule has 1 aromatic carbocycles. The molecule has 0 aliphatic heterocycles. The minimum atomic E-state index is -0.771. The van der Waals surface area contributed by atoms with Crippen molar-refractivity contribution in [2.75, 3.05) is 0 Å². The van der Waals surface area contributed by atoms with Crippen molar-refractivity contribution in [1.82, 2.24) is 0 Å². The van der Waals surface area contributed by atoms with Gasteiger partial charge in [0.25, 0.3) is 0 Å². The Hall–Kier alpha value is -1.08. The molecule has 1 saturated carbocycles. The Bertz CT molecular complexity index is 339. The van der Waals surface area contributed by atoms with Crippen LogP contribution in [0.5, 0.6) is 0 Å². The zero-order valence-electron chi connectivity index (χ0n) is 9.43. The molecule has 1 aliphatic carbocycles. The Morgan fingerprint density at radius 3 is 2.24 bits per heavy atom. The molecule has 0 heterocycles. The van der Waals surface area contributed by atoms with E-state index in [1.165, 1.54) is 17.7 Å². The number of hydrogen-bond donors (Lipinski definition) is 3. The average molecular weight is 258 g/mol. The van der Waals surface area contributed by atoms with E-state index in [0.717, 1.165) is 10.8 Å². The molecule has 7 N–H and O–H groups in total. The molecular weight excluding hydrogens is 240 g/mol. The first-order chi connectivity index (χ1) is 7.74. The summed E-state index contributed by atoms with van der Waals surface area (Å²) in [5.74, 6) is 7.23. The largest absolute Gasteiger partial charge is 0.481 e. The predicted octanol–water partition coefficient (Wildman–Crippen LogP) is 0.562. The first-order valence-electron chi connectivity index (χ1n) is 5.05. The maximum absolute atomic E-state index is 10.4. The first kappa shape index (κ1) is 15.9. The van der Waals surface area contributed by atoms with Crippen LogP contribution in [0.4, 0.5) is 0 Å². The van der Waals surface area contributed by atoms with Crippen molar-refractivity contribution in [2.24, 2.45) is 11.7 Å². The van der Waals surface area contributed by atoms with Gasteiger partial charge in [0.2, 0.25) is 0 Å². The predicted molar refractivity (Wildman–Crippen MR) is 68.6 cm³/mol. The van der Waals surface area contributed by atoms with Crippen molar-refractivity contribution in [3.8, 4) is 0 Å². The van der Waals surface area contributed by atoms with E-state index in [-0.39, 0.29) is 11.9 Å². The summed E-state index contributed by atoms with van der Waals surface area (Å²) in [6.07, 6.45) is 2.76. The molecule has 1 aromatic rings. The summed E-state index contributed by atoms with van der Waals surface area (Å²) in [5.41, 5.74) is 0.873. The van der Waals surface area contributed by atoms with E-state index in [2.05, 4.69) is 11.7 Å². The Morgan fingerprint density at radius 2 is 1.82 bits per heavy atom. The van der Waals surface area contributed by atoms with Gasteiger partial charge >= 0.3 is 5.97 Å². The fourth-order valence-electron chi connectivity index (χ4n) is 1.24. The third-order valence-electron chi connectivity index (χ3n) is 2.11. The normalized spacial score (nSPS) is 13.1. The van der Waals surface area contributed by atoms with Crippen molar-refractivity contribution in [3.63, 3.8) is 0 Å². The van der Waals surface area contributed by atoms with E-state index in [4.69, 9.17) is 5.11 Å². The fraction of sp³-hybridized carbons (Fsp3) is 0.364. The van der Waals surface area contributed by atoms with Gasteiger partial charge in [0.15, 0.2) is 0 Å². The van der Waals surface area contributed by atoms with Crippen molar-refractivity contribution < 1.29 is 15.4 Å². The first-order valence-corrected chi connectivity index (χ1v) is 5.93. The van der Waals surface area contributed by atoms with Crippen molar-refractivity contribution in [3.05, 3.63) is 29.8 Å². The lowest BCUT2D eigenvalue weighted by molar-refractivity contribution is -0.136. The van der Waals surface area contributed by atoms with Crippen molar-refractivity contribution >= 4 is 17.7 Å². The minimum absolute atomic E-state index is 0. The second kappa shape index (κ2) is 8.08. The van der Waals surface area contributed by atoms with Crippen LogP contribution < -0.4 is 11.7 Å². The van der Waals surface area contributed by atoms with Gasteiger partial charge in [-0.2, -0.15) is 0 Å². The van der Waals surface area contributed by atoms with E-state index >= 15 is 0 Å². The molecular formula is C11H18N2O3S. The molecule has 1 aliphatic rings. The van der Waals surface area contributed by atoms with Gasteiger partial charge in [-0.15, -0.1) is 11.8 Å². The minimum Gasteiger partial charge on any atom is -0.481 e. The van der Waals surface area contributed by atoms with Crippen LogP contribution in [0.15, 0.2) is 29.2 Å². The van der Waals surface area contributed by atoms with Gasteiger partial charge in [0, 0.05) is 10.1 Å². The summed E-state index contributed by atoms with van der Waals surface area (Å²) >= 11 is 1.89. The lowest BCUT2D eigenvalue weighted by atomic mass is 10.2. The van der Waals surface area contributed by atoms with Crippen LogP contribution in [0.2, 0.25) is 0 Å². The lowest BCUT2D eigenvalue weighted by Gasteiger charge is -2.00. The topological polar surface area (TPSA) is 121 Å². The van der Waals surface area contributed by atoms with Gasteiger partial charge in [-0.3, -0.25) is 16.5 Å². The van der Waals surface area contributed by atoms with E-state index < -0.39 is 5.97 Å². The lowest BCUT2D eigenvalue weighted by Crippen LogP contribution is -2.02.